The van der Waals surface area contributed by atoms with Crippen LogP contribution in [-0.4, -0.2) is 21.6 Å². The second kappa shape index (κ2) is 9.95. The summed E-state index contributed by atoms with van der Waals surface area (Å²) in [5.41, 5.74) is 3.90. The van der Waals surface area contributed by atoms with Gasteiger partial charge in [0, 0.05) is 16.8 Å². The summed E-state index contributed by atoms with van der Waals surface area (Å²) in [4.78, 5) is 38.5. The van der Waals surface area contributed by atoms with Gasteiger partial charge in [-0.1, -0.05) is 54.6 Å². The van der Waals surface area contributed by atoms with Gasteiger partial charge in [-0.3, -0.25) is 14.4 Å². The second-order valence-electron chi connectivity index (χ2n) is 7.94. The lowest BCUT2D eigenvalue weighted by Crippen LogP contribution is -2.32. The smallest absolute Gasteiger partial charge is 0.291 e. The van der Waals surface area contributed by atoms with E-state index in [1.165, 1.54) is 6.07 Å². The molecule has 7 heteroatoms. The van der Waals surface area contributed by atoms with Crippen molar-refractivity contribution in [3.8, 4) is 11.3 Å². The topological polar surface area (TPSA) is 93.1 Å². The number of aryl methyl sites for hydroxylation is 2. The fraction of sp³-hybridized carbons (Fsp3) is 0.111. The molecule has 2 amide bonds. The van der Waals surface area contributed by atoms with E-state index in [1.807, 2.05) is 62.4 Å². The number of nitrogens with one attached hydrogen (secondary N) is 2. The average Bonchev–Trinajstić information content (AvgIpc) is 2.85. The number of hydrogen-bond acceptors (Lipinski definition) is 4. The first-order valence-corrected chi connectivity index (χ1v) is 10.8. The number of carbonyl (C=O) groups is 2. The number of aromatic nitrogens is 2. The van der Waals surface area contributed by atoms with Crippen molar-refractivity contribution in [2.75, 3.05) is 10.6 Å². The summed E-state index contributed by atoms with van der Waals surface area (Å²) in [7, 11) is 0. The maximum absolute atomic E-state index is 13.1. The Kier molecular flexibility index (Phi) is 6.64. The Morgan fingerprint density at radius 1 is 0.824 bits per heavy atom. The van der Waals surface area contributed by atoms with Crippen LogP contribution in [0.15, 0.2) is 89.7 Å². The Morgan fingerprint density at radius 3 is 2.18 bits per heavy atom. The molecule has 7 nitrogen and oxygen atoms in total. The molecule has 1 aromatic heterocycles. The number of nitrogens with zero attached hydrogens (tertiary/aromatic N) is 2. The number of rotatable bonds is 6. The number of carbonyl (C=O) groups excluding carboxylic acids is 2. The van der Waals surface area contributed by atoms with Crippen LogP contribution in [0.3, 0.4) is 0 Å². The van der Waals surface area contributed by atoms with Crippen LogP contribution in [0.5, 0.6) is 0 Å². The molecule has 3 aromatic carbocycles. The van der Waals surface area contributed by atoms with Gasteiger partial charge in [0.15, 0.2) is 0 Å². The zero-order chi connectivity index (χ0) is 24.1. The molecule has 4 aromatic rings. The molecule has 0 saturated carbocycles. The van der Waals surface area contributed by atoms with Crippen LogP contribution in [0.1, 0.15) is 21.5 Å². The molecule has 0 unspecified atom stereocenters. The predicted molar refractivity (Wildman–Crippen MR) is 133 cm³/mol. The third-order valence-electron chi connectivity index (χ3n) is 5.41. The summed E-state index contributed by atoms with van der Waals surface area (Å²) in [6, 6.07) is 25.0. The van der Waals surface area contributed by atoms with Gasteiger partial charge in [-0.15, -0.1) is 0 Å². The second-order valence-corrected chi connectivity index (χ2v) is 7.94. The monoisotopic (exact) mass is 452 g/mol. The molecule has 4 rings (SSSR count). The van der Waals surface area contributed by atoms with E-state index in [1.54, 1.807) is 30.3 Å². The summed E-state index contributed by atoms with van der Waals surface area (Å²) in [5, 5.41) is 9.86. The molecule has 0 aliphatic carbocycles. The van der Waals surface area contributed by atoms with E-state index in [-0.39, 0.29) is 12.2 Å². The van der Waals surface area contributed by atoms with Crippen LogP contribution in [0.4, 0.5) is 11.4 Å². The SMILES string of the molecule is Cc1ccc(NC(=O)Cn2nc(-c3ccccc3)cc(NC(=O)c3ccccc3)c2=O)cc1C. The van der Waals surface area contributed by atoms with Gasteiger partial charge in [-0.25, -0.2) is 4.68 Å². The average molecular weight is 453 g/mol. The van der Waals surface area contributed by atoms with Crippen molar-refractivity contribution in [1.29, 1.82) is 0 Å². The van der Waals surface area contributed by atoms with Crippen LogP contribution >= 0.6 is 0 Å². The lowest BCUT2D eigenvalue weighted by atomic mass is 10.1. The molecule has 170 valence electrons. The van der Waals surface area contributed by atoms with E-state index in [0.29, 0.717) is 16.9 Å². The van der Waals surface area contributed by atoms with Crippen LogP contribution in [0.25, 0.3) is 11.3 Å². The number of benzene rings is 3. The van der Waals surface area contributed by atoms with Crippen molar-refractivity contribution in [3.63, 3.8) is 0 Å². The van der Waals surface area contributed by atoms with Gasteiger partial charge in [-0.2, -0.15) is 5.10 Å². The quantitative estimate of drug-likeness (QED) is 0.453. The van der Waals surface area contributed by atoms with Gasteiger partial charge in [0.2, 0.25) is 5.91 Å². The van der Waals surface area contributed by atoms with Crippen LogP contribution in [0, 0.1) is 13.8 Å². The molecule has 0 atom stereocenters. The first-order valence-electron chi connectivity index (χ1n) is 10.8. The van der Waals surface area contributed by atoms with Crippen LogP contribution in [0.2, 0.25) is 0 Å². The maximum atomic E-state index is 13.1. The number of anilines is 2. The maximum Gasteiger partial charge on any atom is 0.291 e. The Labute approximate surface area is 197 Å². The lowest BCUT2D eigenvalue weighted by molar-refractivity contribution is -0.117. The molecule has 0 fully saturated rings. The first-order chi connectivity index (χ1) is 16.4. The van der Waals surface area contributed by atoms with Gasteiger partial charge in [0.05, 0.1) is 5.69 Å². The molecule has 2 N–H and O–H groups in total. The Bertz CT molecular complexity index is 1400. The third-order valence-corrected chi connectivity index (χ3v) is 5.41. The molecular weight excluding hydrogens is 428 g/mol. The highest BCUT2D eigenvalue weighted by Gasteiger charge is 2.16. The molecular formula is C27H24N4O3. The van der Waals surface area contributed by atoms with Gasteiger partial charge in [-0.05, 0) is 55.3 Å². The minimum Gasteiger partial charge on any atom is -0.324 e. The largest absolute Gasteiger partial charge is 0.324 e. The standard InChI is InChI=1S/C27H24N4O3/c1-18-13-14-22(15-19(18)2)28-25(32)17-31-27(34)24(29-26(33)21-11-7-4-8-12-21)16-23(30-31)20-9-5-3-6-10-20/h3-16H,17H2,1-2H3,(H,28,32)(H,29,33). The van der Waals surface area contributed by atoms with Gasteiger partial charge in [0.25, 0.3) is 11.5 Å². The lowest BCUT2D eigenvalue weighted by Gasteiger charge is -2.12. The van der Waals surface area contributed by atoms with E-state index < -0.39 is 17.4 Å². The molecule has 1 heterocycles. The van der Waals surface area contributed by atoms with Crippen molar-refractivity contribution < 1.29 is 9.59 Å². The molecule has 0 radical (unpaired) electrons. The van der Waals surface area contributed by atoms with Gasteiger partial charge in [0.1, 0.15) is 12.2 Å². The Hall–Kier alpha value is -4.52. The zero-order valence-electron chi connectivity index (χ0n) is 18.9. The molecule has 0 bridgehead atoms. The third kappa shape index (κ3) is 5.27. The van der Waals surface area contributed by atoms with Crippen molar-refractivity contribution in [3.05, 3.63) is 112 Å². The molecule has 0 spiro atoms. The van der Waals surface area contributed by atoms with Crippen molar-refractivity contribution >= 4 is 23.2 Å². The van der Waals surface area contributed by atoms with E-state index in [9.17, 15) is 14.4 Å². The first kappa shape index (κ1) is 22.7. The van der Waals surface area contributed by atoms with Crippen molar-refractivity contribution in [1.82, 2.24) is 9.78 Å². The molecule has 0 aliphatic rings. The van der Waals surface area contributed by atoms with Crippen molar-refractivity contribution in [2.45, 2.75) is 20.4 Å². The van der Waals surface area contributed by atoms with E-state index in [4.69, 9.17) is 0 Å². The summed E-state index contributed by atoms with van der Waals surface area (Å²) in [6.07, 6.45) is 0. The fourth-order valence-electron chi connectivity index (χ4n) is 3.43. The summed E-state index contributed by atoms with van der Waals surface area (Å²) >= 11 is 0. The summed E-state index contributed by atoms with van der Waals surface area (Å²) < 4.78 is 1.07. The van der Waals surface area contributed by atoms with E-state index >= 15 is 0 Å². The molecule has 0 saturated heterocycles. The van der Waals surface area contributed by atoms with Gasteiger partial charge < -0.3 is 10.6 Å². The number of hydrogen-bond donors (Lipinski definition) is 2. The van der Waals surface area contributed by atoms with E-state index in [2.05, 4.69) is 15.7 Å². The molecule has 34 heavy (non-hydrogen) atoms. The highest BCUT2D eigenvalue weighted by Crippen LogP contribution is 2.19. The zero-order valence-corrected chi connectivity index (χ0v) is 18.9. The fourth-order valence-corrected chi connectivity index (χ4v) is 3.43. The predicted octanol–water partition coefficient (Wildman–Crippen LogP) is 4.42. The van der Waals surface area contributed by atoms with Crippen LogP contribution in [-0.2, 0) is 11.3 Å². The normalized spacial score (nSPS) is 10.5. The highest BCUT2D eigenvalue weighted by atomic mass is 16.2. The summed E-state index contributed by atoms with van der Waals surface area (Å²) in [6.45, 7) is 3.65. The van der Waals surface area contributed by atoms with Gasteiger partial charge >= 0.3 is 0 Å². The highest BCUT2D eigenvalue weighted by molar-refractivity contribution is 6.04. The minimum absolute atomic E-state index is 0.0432. The minimum atomic E-state index is -0.570. The number of amides is 2. The summed E-state index contributed by atoms with van der Waals surface area (Å²) in [5.74, 6) is -0.822. The van der Waals surface area contributed by atoms with Crippen molar-refractivity contribution in [2.24, 2.45) is 0 Å². The molecule has 0 aliphatic heterocycles. The van der Waals surface area contributed by atoms with Crippen LogP contribution < -0.4 is 16.2 Å². The Balaban J connectivity index is 1.65. The van der Waals surface area contributed by atoms with E-state index in [0.717, 1.165) is 21.4 Å². The Morgan fingerprint density at radius 2 is 1.50 bits per heavy atom.